The van der Waals surface area contributed by atoms with E-state index in [1.165, 1.54) is 5.71 Å². The van der Waals surface area contributed by atoms with Crippen molar-refractivity contribution in [3.63, 3.8) is 0 Å². The first-order valence-corrected chi connectivity index (χ1v) is 4.62. The standard InChI is InChI=1S/C9H18N2O/c1-4-8(2)12-10-9-5-6-11(3)7-9/h8H,4-7H2,1-3H3/b10-9+. The van der Waals surface area contributed by atoms with E-state index < -0.39 is 0 Å². The molecule has 1 saturated heterocycles. The Labute approximate surface area is 74.4 Å². The van der Waals surface area contributed by atoms with Gasteiger partial charge in [0.1, 0.15) is 6.10 Å². The lowest BCUT2D eigenvalue weighted by Crippen LogP contribution is -2.14. The van der Waals surface area contributed by atoms with Gasteiger partial charge in [-0.25, -0.2) is 0 Å². The van der Waals surface area contributed by atoms with Gasteiger partial charge in [0.15, 0.2) is 0 Å². The molecule has 0 N–H and O–H groups in total. The molecular formula is C9H18N2O. The SMILES string of the molecule is CCC(C)O/N=C1\CCN(C)C1. The van der Waals surface area contributed by atoms with Crippen molar-refractivity contribution < 1.29 is 4.84 Å². The molecule has 1 aliphatic rings. The molecule has 0 amide bonds. The van der Waals surface area contributed by atoms with Crippen molar-refractivity contribution in [3.8, 4) is 0 Å². The molecule has 0 saturated carbocycles. The normalized spacial score (nSPS) is 24.8. The van der Waals surface area contributed by atoms with Gasteiger partial charge in [0.05, 0.1) is 5.71 Å². The van der Waals surface area contributed by atoms with Crippen LogP contribution in [0.2, 0.25) is 0 Å². The van der Waals surface area contributed by atoms with Crippen LogP contribution in [-0.4, -0.2) is 36.9 Å². The summed E-state index contributed by atoms with van der Waals surface area (Å²) < 4.78 is 0. The first-order chi connectivity index (χ1) is 5.72. The van der Waals surface area contributed by atoms with Crippen molar-refractivity contribution in [2.75, 3.05) is 20.1 Å². The van der Waals surface area contributed by atoms with Gasteiger partial charge in [-0.1, -0.05) is 12.1 Å². The summed E-state index contributed by atoms with van der Waals surface area (Å²) in [6.07, 6.45) is 2.34. The van der Waals surface area contributed by atoms with Gasteiger partial charge in [-0.2, -0.15) is 0 Å². The van der Waals surface area contributed by atoms with Crippen molar-refractivity contribution in [1.29, 1.82) is 0 Å². The van der Waals surface area contributed by atoms with Crippen LogP contribution in [0.25, 0.3) is 0 Å². The molecule has 3 heteroatoms. The quantitative estimate of drug-likeness (QED) is 0.599. The molecule has 1 atom stereocenters. The molecule has 0 aromatic heterocycles. The molecule has 0 radical (unpaired) electrons. The highest BCUT2D eigenvalue weighted by Crippen LogP contribution is 2.05. The van der Waals surface area contributed by atoms with Gasteiger partial charge >= 0.3 is 0 Å². The molecule has 12 heavy (non-hydrogen) atoms. The minimum Gasteiger partial charge on any atom is -0.393 e. The second kappa shape index (κ2) is 4.45. The van der Waals surface area contributed by atoms with Crippen molar-refractivity contribution in [3.05, 3.63) is 0 Å². The van der Waals surface area contributed by atoms with E-state index in [2.05, 4.69) is 24.0 Å². The van der Waals surface area contributed by atoms with E-state index in [-0.39, 0.29) is 6.10 Å². The molecule has 0 aliphatic carbocycles. The van der Waals surface area contributed by atoms with Crippen LogP contribution in [-0.2, 0) is 4.84 Å². The largest absolute Gasteiger partial charge is 0.393 e. The van der Waals surface area contributed by atoms with E-state index in [1.807, 2.05) is 6.92 Å². The summed E-state index contributed by atoms with van der Waals surface area (Å²) in [4.78, 5) is 7.53. The highest BCUT2D eigenvalue weighted by Gasteiger charge is 2.14. The van der Waals surface area contributed by atoms with E-state index in [9.17, 15) is 0 Å². The number of hydrogen-bond donors (Lipinski definition) is 0. The number of hydrogen-bond acceptors (Lipinski definition) is 3. The van der Waals surface area contributed by atoms with Crippen LogP contribution in [0.5, 0.6) is 0 Å². The van der Waals surface area contributed by atoms with E-state index in [1.54, 1.807) is 0 Å². The lowest BCUT2D eigenvalue weighted by Gasteiger charge is -2.06. The summed E-state index contributed by atoms with van der Waals surface area (Å²) in [5.74, 6) is 0. The topological polar surface area (TPSA) is 24.8 Å². The average Bonchev–Trinajstić information content (AvgIpc) is 2.47. The minimum absolute atomic E-state index is 0.253. The molecule has 0 aromatic carbocycles. The lowest BCUT2D eigenvalue weighted by atomic mass is 10.3. The third-order valence-corrected chi connectivity index (χ3v) is 2.17. The number of rotatable bonds is 3. The Bertz CT molecular complexity index is 168. The third kappa shape index (κ3) is 2.81. The van der Waals surface area contributed by atoms with Crippen molar-refractivity contribution in [2.45, 2.75) is 32.8 Å². The fraction of sp³-hybridized carbons (Fsp3) is 0.889. The third-order valence-electron chi connectivity index (χ3n) is 2.17. The fourth-order valence-corrected chi connectivity index (χ4v) is 1.10. The molecule has 1 aliphatic heterocycles. The van der Waals surface area contributed by atoms with Gasteiger partial charge in [0.2, 0.25) is 0 Å². The summed E-state index contributed by atoms with van der Waals surface area (Å²) in [6.45, 7) is 6.23. The highest BCUT2D eigenvalue weighted by atomic mass is 16.6. The van der Waals surface area contributed by atoms with Crippen LogP contribution >= 0.6 is 0 Å². The minimum atomic E-state index is 0.253. The molecule has 0 bridgehead atoms. The van der Waals surface area contributed by atoms with Gasteiger partial charge in [0, 0.05) is 19.5 Å². The van der Waals surface area contributed by atoms with E-state index in [4.69, 9.17) is 4.84 Å². The zero-order valence-corrected chi connectivity index (χ0v) is 8.21. The van der Waals surface area contributed by atoms with Crippen LogP contribution in [0.1, 0.15) is 26.7 Å². The second-order valence-corrected chi connectivity index (χ2v) is 3.47. The lowest BCUT2D eigenvalue weighted by molar-refractivity contribution is 0.0693. The predicted octanol–water partition coefficient (Wildman–Crippen LogP) is 1.49. The van der Waals surface area contributed by atoms with Gasteiger partial charge < -0.3 is 9.74 Å². The Morgan fingerprint density at radius 1 is 1.67 bits per heavy atom. The summed E-state index contributed by atoms with van der Waals surface area (Å²) >= 11 is 0. The zero-order chi connectivity index (χ0) is 8.97. The first-order valence-electron chi connectivity index (χ1n) is 4.62. The Morgan fingerprint density at radius 3 is 2.92 bits per heavy atom. The van der Waals surface area contributed by atoms with E-state index >= 15 is 0 Å². The maximum absolute atomic E-state index is 5.28. The average molecular weight is 170 g/mol. The van der Waals surface area contributed by atoms with Crippen LogP contribution in [0.3, 0.4) is 0 Å². The van der Waals surface area contributed by atoms with Crippen molar-refractivity contribution >= 4 is 5.71 Å². The number of likely N-dealkylation sites (tertiary alicyclic amines) is 1. The molecule has 1 unspecified atom stereocenters. The molecule has 1 heterocycles. The molecule has 1 rings (SSSR count). The van der Waals surface area contributed by atoms with Crippen LogP contribution in [0.15, 0.2) is 5.16 Å². The van der Waals surface area contributed by atoms with Crippen LogP contribution in [0.4, 0.5) is 0 Å². The maximum Gasteiger partial charge on any atom is 0.124 e. The molecule has 0 aromatic rings. The zero-order valence-electron chi connectivity index (χ0n) is 8.21. The van der Waals surface area contributed by atoms with Gasteiger partial charge in [-0.15, -0.1) is 0 Å². The Kier molecular flexibility index (Phi) is 3.53. The van der Waals surface area contributed by atoms with Crippen molar-refractivity contribution in [2.24, 2.45) is 5.16 Å². The van der Waals surface area contributed by atoms with Crippen LogP contribution in [0, 0.1) is 0 Å². The van der Waals surface area contributed by atoms with Gasteiger partial charge in [-0.3, -0.25) is 0 Å². The molecule has 1 fully saturated rings. The van der Waals surface area contributed by atoms with Crippen molar-refractivity contribution in [1.82, 2.24) is 4.90 Å². The summed E-state index contributed by atoms with van der Waals surface area (Å²) in [6, 6.07) is 0. The van der Waals surface area contributed by atoms with Crippen LogP contribution < -0.4 is 0 Å². The fourth-order valence-electron chi connectivity index (χ4n) is 1.10. The summed E-state index contributed by atoms with van der Waals surface area (Å²) in [5.41, 5.74) is 1.18. The Morgan fingerprint density at radius 2 is 2.42 bits per heavy atom. The van der Waals surface area contributed by atoms with Gasteiger partial charge in [0.25, 0.3) is 0 Å². The van der Waals surface area contributed by atoms with Gasteiger partial charge in [-0.05, 0) is 20.4 Å². The molecular weight excluding hydrogens is 152 g/mol. The monoisotopic (exact) mass is 170 g/mol. The second-order valence-electron chi connectivity index (χ2n) is 3.47. The maximum atomic E-state index is 5.28. The molecule has 3 nitrogen and oxygen atoms in total. The first kappa shape index (κ1) is 9.52. The Hall–Kier alpha value is -0.570. The highest BCUT2D eigenvalue weighted by molar-refractivity contribution is 5.87. The Balaban J connectivity index is 2.28. The molecule has 0 spiro atoms. The summed E-state index contributed by atoms with van der Waals surface area (Å²) in [7, 11) is 2.10. The number of nitrogens with zero attached hydrogens (tertiary/aromatic N) is 2. The summed E-state index contributed by atoms with van der Waals surface area (Å²) in [5, 5.41) is 4.12. The van der Waals surface area contributed by atoms with E-state index in [0.717, 1.165) is 25.9 Å². The molecule has 70 valence electrons. The smallest absolute Gasteiger partial charge is 0.124 e. The van der Waals surface area contributed by atoms with E-state index in [0.29, 0.717) is 0 Å². The number of oxime groups is 1. The predicted molar refractivity (Wildman–Crippen MR) is 50.4 cm³/mol.